The second kappa shape index (κ2) is 3.86. The fourth-order valence-electron chi connectivity index (χ4n) is 2.89. The highest BCUT2D eigenvalue weighted by Crippen LogP contribution is 2.32. The lowest BCUT2D eigenvalue weighted by atomic mass is 10.0. The van der Waals surface area contributed by atoms with Gasteiger partial charge in [-0.05, 0) is 31.0 Å². The topological polar surface area (TPSA) is 32.3 Å². The number of nitrogens with zero attached hydrogens (tertiary/aromatic N) is 4. The molecule has 2 aliphatic rings. The van der Waals surface area contributed by atoms with E-state index in [0.29, 0.717) is 5.15 Å². The molecule has 16 heavy (non-hydrogen) atoms. The van der Waals surface area contributed by atoms with Crippen LogP contribution in [0.25, 0.3) is 0 Å². The molecule has 4 nitrogen and oxygen atoms in total. The Morgan fingerprint density at radius 1 is 1.12 bits per heavy atom. The van der Waals surface area contributed by atoms with Crippen LogP contribution in [0.1, 0.15) is 0 Å². The summed E-state index contributed by atoms with van der Waals surface area (Å²) in [5.41, 5.74) is 0. The van der Waals surface area contributed by atoms with Crippen LogP contribution in [0.2, 0.25) is 5.15 Å². The van der Waals surface area contributed by atoms with Gasteiger partial charge in [-0.3, -0.25) is 0 Å². The van der Waals surface area contributed by atoms with E-state index in [4.69, 9.17) is 11.6 Å². The summed E-state index contributed by atoms with van der Waals surface area (Å²) in [5, 5.41) is 8.49. The van der Waals surface area contributed by atoms with Crippen molar-refractivity contribution in [2.45, 2.75) is 0 Å². The average Bonchev–Trinajstić information content (AvgIpc) is 2.75. The van der Waals surface area contributed by atoms with Gasteiger partial charge >= 0.3 is 0 Å². The van der Waals surface area contributed by atoms with Crippen LogP contribution in [0, 0.1) is 11.8 Å². The van der Waals surface area contributed by atoms with Crippen molar-refractivity contribution in [3.63, 3.8) is 0 Å². The molecule has 0 aromatic carbocycles. The normalized spacial score (nSPS) is 29.8. The summed E-state index contributed by atoms with van der Waals surface area (Å²) in [6, 6.07) is 3.77. The van der Waals surface area contributed by atoms with Crippen LogP contribution in [-0.2, 0) is 0 Å². The minimum Gasteiger partial charge on any atom is -0.354 e. The summed E-state index contributed by atoms with van der Waals surface area (Å²) in [7, 11) is 2.20. The van der Waals surface area contributed by atoms with Crippen molar-refractivity contribution in [2.75, 3.05) is 38.1 Å². The van der Waals surface area contributed by atoms with Crippen molar-refractivity contribution in [3.8, 4) is 0 Å². The highest BCUT2D eigenvalue weighted by atomic mass is 35.5. The van der Waals surface area contributed by atoms with Gasteiger partial charge in [-0.2, -0.15) is 0 Å². The molecule has 2 atom stereocenters. The number of fused-ring (bicyclic) bond motifs is 1. The van der Waals surface area contributed by atoms with Crippen LogP contribution < -0.4 is 4.90 Å². The molecule has 3 heterocycles. The Labute approximate surface area is 100 Å². The van der Waals surface area contributed by atoms with E-state index in [2.05, 4.69) is 27.0 Å². The van der Waals surface area contributed by atoms with E-state index >= 15 is 0 Å². The van der Waals surface area contributed by atoms with E-state index < -0.39 is 0 Å². The Kier molecular flexibility index (Phi) is 2.48. The van der Waals surface area contributed by atoms with Crippen LogP contribution >= 0.6 is 11.6 Å². The second-order valence-corrected chi connectivity index (χ2v) is 5.25. The molecular formula is C11H15ClN4. The maximum Gasteiger partial charge on any atom is 0.151 e. The summed E-state index contributed by atoms with van der Waals surface area (Å²) in [4.78, 5) is 4.74. The zero-order valence-corrected chi connectivity index (χ0v) is 10.1. The highest BCUT2D eigenvalue weighted by Gasteiger charge is 2.39. The molecule has 0 unspecified atom stereocenters. The Balaban J connectivity index is 1.73. The third-order valence-corrected chi connectivity index (χ3v) is 3.81. The van der Waals surface area contributed by atoms with E-state index in [1.807, 2.05) is 12.1 Å². The second-order valence-electron chi connectivity index (χ2n) is 4.86. The number of likely N-dealkylation sites (tertiary alicyclic amines) is 1. The quantitative estimate of drug-likeness (QED) is 0.734. The molecule has 0 spiro atoms. The van der Waals surface area contributed by atoms with Gasteiger partial charge < -0.3 is 9.80 Å². The molecule has 3 rings (SSSR count). The van der Waals surface area contributed by atoms with E-state index in [-0.39, 0.29) is 0 Å². The molecule has 0 amide bonds. The zero-order chi connectivity index (χ0) is 11.1. The molecule has 86 valence electrons. The van der Waals surface area contributed by atoms with Crippen molar-refractivity contribution < 1.29 is 0 Å². The van der Waals surface area contributed by atoms with Gasteiger partial charge in [-0.15, -0.1) is 10.2 Å². The average molecular weight is 239 g/mol. The Bertz CT molecular complexity index is 366. The third kappa shape index (κ3) is 1.76. The number of aromatic nitrogens is 2. The summed E-state index contributed by atoms with van der Waals surface area (Å²) in [5.74, 6) is 2.55. The summed E-state index contributed by atoms with van der Waals surface area (Å²) >= 11 is 5.73. The first-order valence-electron chi connectivity index (χ1n) is 5.65. The van der Waals surface area contributed by atoms with Crippen molar-refractivity contribution in [2.24, 2.45) is 11.8 Å². The molecule has 2 saturated heterocycles. The van der Waals surface area contributed by atoms with Crippen molar-refractivity contribution in [1.29, 1.82) is 0 Å². The first-order chi connectivity index (χ1) is 7.72. The van der Waals surface area contributed by atoms with Gasteiger partial charge in [0.2, 0.25) is 0 Å². The monoisotopic (exact) mass is 238 g/mol. The van der Waals surface area contributed by atoms with Gasteiger partial charge in [-0.1, -0.05) is 11.6 Å². The molecule has 1 aromatic heterocycles. The minimum absolute atomic E-state index is 0.461. The third-order valence-electron chi connectivity index (χ3n) is 3.61. The largest absolute Gasteiger partial charge is 0.354 e. The standard InChI is InChI=1S/C11H15ClN4/c1-15-4-8-6-16(7-9(8)5-15)11-3-2-10(12)13-14-11/h2-3,8-9H,4-7H2,1H3/t8-,9-/m0/s1. The molecule has 5 heteroatoms. The van der Waals surface area contributed by atoms with Crippen molar-refractivity contribution in [1.82, 2.24) is 15.1 Å². The lowest BCUT2D eigenvalue weighted by Crippen LogP contribution is -2.27. The van der Waals surface area contributed by atoms with Crippen LogP contribution in [0.4, 0.5) is 5.82 Å². The van der Waals surface area contributed by atoms with Gasteiger partial charge in [0.05, 0.1) is 0 Å². The van der Waals surface area contributed by atoms with Crippen molar-refractivity contribution >= 4 is 17.4 Å². The van der Waals surface area contributed by atoms with Gasteiger partial charge in [0.1, 0.15) is 0 Å². The first-order valence-corrected chi connectivity index (χ1v) is 6.03. The Hall–Kier alpha value is -0.870. The fraction of sp³-hybridized carbons (Fsp3) is 0.636. The van der Waals surface area contributed by atoms with Gasteiger partial charge in [0.15, 0.2) is 11.0 Å². The Morgan fingerprint density at radius 3 is 2.38 bits per heavy atom. The number of hydrogen-bond acceptors (Lipinski definition) is 4. The van der Waals surface area contributed by atoms with Gasteiger partial charge in [0, 0.05) is 26.2 Å². The first kappa shape index (κ1) is 10.3. The predicted molar refractivity (Wildman–Crippen MR) is 63.7 cm³/mol. The van der Waals surface area contributed by atoms with E-state index in [0.717, 1.165) is 30.7 Å². The maximum atomic E-state index is 5.73. The molecule has 1 aromatic rings. The summed E-state index contributed by atoms with van der Waals surface area (Å²) in [6.45, 7) is 4.63. The molecule has 0 saturated carbocycles. The highest BCUT2D eigenvalue weighted by molar-refractivity contribution is 6.29. The lowest BCUT2D eigenvalue weighted by molar-refractivity contribution is 0.387. The molecule has 0 N–H and O–H groups in total. The van der Waals surface area contributed by atoms with Crippen molar-refractivity contribution in [3.05, 3.63) is 17.3 Å². The maximum absolute atomic E-state index is 5.73. The molecular weight excluding hydrogens is 224 g/mol. The van der Waals surface area contributed by atoms with Crippen LogP contribution in [0.5, 0.6) is 0 Å². The molecule has 0 radical (unpaired) electrons. The van der Waals surface area contributed by atoms with Crippen LogP contribution in [0.3, 0.4) is 0 Å². The zero-order valence-electron chi connectivity index (χ0n) is 9.30. The van der Waals surface area contributed by atoms with Crippen LogP contribution in [-0.4, -0.2) is 48.3 Å². The molecule has 2 fully saturated rings. The summed E-state index contributed by atoms with van der Waals surface area (Å²) < 4.78 is 0. The minimum atomic E-state index is 0.461. The number of halogens is 1. The fourth-order valence-corrected chi connectivity index (χ4v) is 2.99. The van der Waals surface area contributed by atoms with E-state index in [9.17, 15) is 0 Å². The number of hydrogen-bond donors (Lipinski definition) is 0. The van der Waals surface area contributed by atoms with Gasteiger partial charge in [0.25, 0.3) is 0 Å². The van der Waals surface area contributed by atoms with E-state index in [1.54, 1.807) is 0 Å². The summed E-state index contributed by atoms with van der Waals surface area (Å²) in [6.07, 6.45) is 0. The molecule has 0 bridgehead atoms. The van der Waals surface area contributed by atoms with Crippen LogP contribution in [0.15, 0.2) is 12.1 Å². The smallest absolute Gasteiger partial charge is 0.151 e. The predicted octanol–water partition coefficient (Wildman–Crippen LogP) is 1.13. The SMILES string of the molecule is CN1C[C@H]2CN(c3ccc(Cl)nn3)C[C@@H]2C1. The lowest BCUT2D eigenvalue weighted by Gasteiger charge is -2.19. The number of anilines is 1. The van der Waals surface area contributed by atoms with Gasteiger partial charge in [-0.25, -0.2) is 0 Å². The molecule has 2 aliphatic heterocycles. The number of rotatable bonds is 1. The van der Waals surface area contributed by atoms with E-state index in [1.165, 1.54) is 13.1 Å². The molecule has 0 aliphatic carbocycles. The Morgan fingerprint density at radius 2 is 1.81 bits per heavy atom.